The van der Waals surface area contributed by atoms with Gasteiger partial charge in [-0.3, -0.25) is 4.79 Å². The normalized spacial score (nSPS) is 18.7. The molecule has 1 amide bonds. The Kier molecular flexibility index (Phi) is 3.67. The Bertz CT molecular complexity index is 457. The minimum Gasteiger partial charge on any atom is -0.338 e. The zero-order valence-electron chi connectivity index (χ0n) is 11.3. The second-order valence-electron chi connectivity index (χ2n) is 5.77. The summed E-state index contributed by atoms with van der Waals surface area (Å²) < 4.78 is 0. The van der Waals surface area contributed by atoms with Crippen molar-refractivity contribution in [2.24, 2.45) is 11.8 Å². The quantitative estimate of drug-likeness (QED) is 0.763. The number of hydrogen-bond acceptors (Lipinski definition) is 1. The van der Waals surface area contributed by atoms with E-state index in [1.54, 1.807) is 0 Å². The van der Waals surface area contributed by atoms with Crippen LogP contribution in [0.5, 0.6) is 0 Å². The van der Waals surface area contributed by atoms with Crippen molar-refractivity contribution in [3.8, 4) is 0 Å². The van der Waals surface area contributed by atoms with Gasteiger partial charge in [0.2, 0.25) is 5.91 Å². The summed E-state index contributed by atoms with van der Waals surface area (Å²) >= 11 is 0. The minimum atomic E-state index is 0.337. The zero-order valence-corrected chi connectivity index (χ0v) is 11.3. The molecule has 2 saturated carbocycles. The monoisotopic (exact) mass is 255 g/mol. The van der Waals surface area contributed by atoms with E-state index in [1.807, 2.05) is 18.2 Å². The average molecular weight is 255 g/mol. The average Bonchev–Trinajstić information content (AvgIpc) is 3.30. The van der Waals surface area contributed by atoms with Crippen LogP contribution in [0.1, 0.15) is 31.2 Å². The van der Waals surface area contributed by atoms with Crippen LogP contribution < -0.4 is 0 Å². The molecule has 2 nitrogen and oxygen atoms in total. The highest BCUT2D eigenvalue weighted by Gasteiger charge is 2.35. The Morgan fingerprint density at radius 1 is 1.16 bits per heavy atom. The minimum absolute atomic E-state index is 0.337. The van der Waals surface area contributed by atoms with E-state index in [-0.39, 0.29) is 0 Å². The number of nitrogens with zero attached hydrogens (tertiary/aromatic N) is 1. The molecule has 2 heteroatoms. The van der Waals surface area contributed by atoms with Crippen molar-refractivity contribution in [3.05, 3.63) is 42.0 Å². The number of benzene rings is 1. The Hall–Kier alpha value is -1.57. The Morgan fingerprint density at radius 3 is 2.53 bits per heavy atom. The third kappa shape index (κ3) is 3.69. The van der Waals surface area contributed by atoms with Crippen LogP contribution in [0.4, 0.5) is 0 Å². The van der Waals surface area contributed by atoms with Gasteiger partial charge in [0, 0.05) is 19.0 Å². The van der Waals surface area contributed by atoms with Gasteiger partial charge >= 0.3 is 0 Å². The Balaban J connectivity index is 1.57. The fourth-order valence-electron chi connectivity index (χ4n) is 2.34. The molecule has 1 aromatic carbocycles. The standard InChI is InChI=1S/C17H21NO/c19-17(16-10-11-16)18(13-15-8-9-15)12-4-7-14-5-2-1-3-6-14/h1-7,15-16H,8-13H2/b7-4-. The summed E-state index contributed by atoms with van der Waals surface area (Å²) in [5, 5.41) is 0. The molecular formula is C17H21NO. The SMILES string of the molecule is O=C(C1CC1)N(C/C=C\c1ccccc1)CC1CC1. The molecule has 0 spiro atoms. The third-order valence-corrected chi connectivity index (χ3v) is 3.85. The van der Waals surface area contributed by atoms with Gasteiger partial charge in [-0.25, -0.2) is 0 Å². The summed E-state index contributed by atoms with van der Waals surface area (Å²) in [7, 11) is 0. The lowest BCUT2D eigenvalue weighted by atomic mass is 10.2. The van der Waals surface area contributed by atoms with E-state index in [9.17, 15) is 4.79 Å². The molecule has 0 unspecified atom stereocenters. The number of rotatable bonds is 6. The lowest BCUT2D eigenvalue weighted by Crippen LogP contribution is -2.34. The maximum atomic E-state index is 12.2. The Morgan fingerprint density at radius 2 is 1.89 bits per heavy atom. The highest BCUT2D eigenvalue weighted by molar-refractivity contribution is 5.81. The van der Waals surface area contributed by atoms with Crippen molar-refractivity contribution in [1.82, 2.24) is 4.90 Å². The molecule has 19 heavy (non-hydrogen) atoms. The molecular weight excluding hydrogens is 234 g/mol. The van der Waals surface area contributed by atoms with Crippen LogP contribution in [0.3, 0.4) is 0 Å². The van der Waals surface area contributed by atoms with Crippen molar-refractivity contribution < 1.29 is 4.79 Å². The molecule has 0 aromatic heterocycles. The number of carbonyl (C=O) groups is 1. The van der Waals surface area contributed by atoms with Crippen LogP contribution in [0.2, 0.25) is 0 Å². The molecule has 2 aliphatic rings. The number of amides is 1. The zero-order chi connectivity index (χ0) is 13.1. The van der Waals surface area contributed by atoms with Crippen LogP contribution in [0.15, 0.2) is 36.4 Å². The van der Waals surface area contributed by atoms with E-state index in [2.05, 4.69) is 29.2 Å². The number of carbonyl (C=O) groups excluding carboxylic acids is 1. The molecule has 0 bridgehead atoms. The van der Waals surface area contributed by atoms with E-state index in [4.69, 9.17) is 0 Å². The maximum Gasteiger partial charge on any atom is 0.225 e. The lowest BCUT2D eigenvalue weighted by Gasteiger charge is -2.21. The second-order valence-corrected chi connectivity index (χ2v) is 5.77. The van der Waals surface area contributed by atoms with E-state index in [0.29, 0.717) is 11.8 Å². The third-order valence-electron chi connectivity index (χ3n) is 3.85. The summed E-state index contributed by atoms with van der Waals surface area (Å²) in [6.45, 7) is 1.73. The number of hydrogen-bond donors (Lipinski definition) is 0. The van der Waals surface area contributed by atoms with Crippen LogP contribution in [-0.2, 0) is 4.79 Å². The van der Waals surface area contributed by atoms with Crippen molar-refractivity contribution in [2.75, 3.05) is 13.1 Å². The highest BCUT2D eigenvalue weighted by atomic mass is 16.2. The first-order chi connectivity index (χ1) is 9.33. The predicted molar refractivity (Wildman–Crippen MR) is 77.5 cm³/mol. The predicted octanol–water partition coefficient (Wildman–Crippen LogP) is 3.35. The largest absolute Gasteiger partial charge is 0.338 e. The van der Waals surface area contributed by atoms with Gasteiger partial charge in [-0.15, -0.1) is 0 Å². The van der Waals surface area contributed by atoms with Crippen molar-refractivity contribution in [3.63, 3.8) is 0 Å². The first kappa shape index (κ1) is 12.5. The second kappa shape index (κ2) is 5.60. The lowest BCUT2D eigenvalue weighted by molar-refractivity contribution is -0.132. The fourth-order valence-corrected chi connectivity index (χ4v) is 2.34. The molecule has 2 fully saturated rings. The molecule has 0 N–H and O–H groups in total. The van der Waals surface area contributed by atoms with Gasteiger partial charge < -0.3 is 4.90 Å². The van der Waals surface area contributed by atoms with Gasteiger partial charge in [0.05, 0.1) is 0 Å². The van der Waals surface area contributed by atoms with Crippen LogP contribution in [0.25, 0.3) is 6.08 Å². The molecule has 100 valence electrons. The maximum absolute atomic E-state index is 12.2. The highest BCUT2D eigenvalue weighted by Crippen LogP contribution is 2.34. The van der Waals surface area contributed by atoms with Crippen molar-refractivity contribution in [1.29, 1.82) is 0 Å². The van der Waals surface area contributed by atoms with Gasteiger partial charge in [0.25, 0.3) is 0 Å². The van der Waals surface area contributed by atoms with E-state index >= 15 is 0 Å². The summed E-state index contributed by atoms with van der Waals surface area (Å²) in [5.41, 5.74) is 1.20. The van der Waals surface area contributed by atoms with Gasteiger partial charge in [-0.05, 0) is 37.2 Å². The van der Waals surface area contributed by atoms with E-state index < -0.39 is 0 Å². The van der Waals surface area contributed by atoms with Gasteiger partial charge in [-0.1, -0.05) is 42.5 Å². The van der Waals surface area contributed by atoms with E-state index in [1.165, 1.54) is 18.4 Å². The molecule has 2 aliphatic carbocycles. The van der Waals surface area contributed by atoms with Gasteiger partial charge in [0.1, 0.15) is 0 Å². The van der Waals surface area contributed by atoms with E-state index in [0.717, 1.165) is 31.8 Å². The molecule has 0 saturated heterocycles. The summed E-state index contributed by atoms with van der Waals surface area (Å²) in [5.74, 6) is 1.49. The molecule has 0 radical (unpaired) electrons. The fraction of sp³-hybridized carbons (Fsp3) is 0.471. The first-order valence-corrected chi connectivity index (χ1v) is 7.33. The molecule has 0 heterocycles. The smallest absolute Gasteiger partial charge is 0.225 e. The van der Waals surface area contributed by atoms with Crippen molar-refractivity contribution in [2.45, 2.75) is 25.7 Å². The first-order valence-electron chi connectivity index (χ1n) is 7.33. The van der Waals surface area contributed by atoms with Gasteiger partial charge in [-0.2, -0.15) is 0 Å². The molecule has 0 atom stereocenters. The molecule has 0 aliphatic heterocycles. The van der Waals surface area contributed by atoms with Crippen LogP contribution in [-0.4, -0.2) is 23.9 Å². The molecule has 1 aromatic rings. The summed E-state index contributed by atoms with van der Waals surface area (Å²) in [4.78, 5) is 14.3. The topological polar surface area (TPSA) is 20.3 Å². The van der Waals surface area contributed by atoms with Crippen molar-refractivity contribution >= 4 is 12.0 Å². The van der Waals surface area contributed by atoms with Gasteiger partial charge in [0.15, 0.2) is 0 Å². The van der Waals surface area contributed by atoms with Crippen LogP contribution in [0, 0.1) is 11.8 Å². The Labute approximate surface area is 115 Å². The van der Waals surface area contributed by atoms with Crippen LogP contribution >= 0.6 is 0 Å². The molecule has 3 rings (SSSR count). The summed E-state index contributed by atoms with van der Waals surface area (Å²) in [6.07, 6.45) is 9.04. The summed E-state index contributed by atoms with van der Waals surface area (Å²) in [6, 6.07) is 10.3.